The Hall–Kier alpha value is -2.08. The van der Waals surface area contributed by atoms with Crippen molar-refractivity contribution in [2.45, 2.75) is 4.90 Å². The third-order valence-corrected chi connectivity index (χ3v) is 5.91. The van der Waals surface area contributed by atoms with Crippen molar-refractivity contribution < 1.29 is 4.79 Å². The third kappa shape index (κ3) is 3.63. The van der Waals surface area contributed by atoms with E-state index in [-0.39, 0.29) is 5.91 Å². The lowest BCUT2D eigenvalue weighted by Gasteiger charge is -2.02. The zero-order valence-corrected chi connectivity index (χ0v) is 15.4. The highest BCUT2D eigenvalue weighted by Gasteiger charge is 2.10. The van der Waals surface area contributed by atoms with E-state index in [9.17, 15) is 4.79 Å². The Morgan fingerprint density at radius 1 is 1.08 bits per heavy atom. The van der Waals surface area contributed by atoms with Gasteiger partial charge in [0.25, 0.3) is 0 Å². The number of nitrogens with zero attached hydrogens (tertiary/aromatic N) is 1. The molecule has 1 heterocycles. The Balaban J connectivity index is 1.49. The lowest BCUT2D eigenvalue weighted by Crippen LogP contribution is -2.13. The normalized spacial score (nSPS) is 11.1. The maximum Gasteiger partial charge on any atom is 0.236 e. The molecule has 6 heteroatoms. The van der Waals surface area contributed by atoms with Crippen LogP contribution >= 0.6 is 34.7 Å². The van der Waals surface area contributed by atoms with Crippen LogP contribution in [0.15, 0.2) is 65.6 Å². The van der Waals surface area contributed by atoms with Gasteiger partial charge < -0.3 is 5.32 Å². The zero-order valence-electron chi connectivity index (χ0n) is 13.0. The van der Waals surface area contributed by atoms with Crippen LogP contribution in [0.2, 0.25) is 5.02 Å². The number of aromatic nitrogens is 1. The standard InChI is InChI=1S/C19H13ClN2OS2/c20-13-6-8-14(9-7-13)24-11-17(23)21-19-22-18-15-4-2-1-3-12(15)5-10-16(18)25-19/h1-10H,11H2,(H,21,22,23). The molecule has 0 aliphatic heterocycles. The number of halogens is 1. The summed E-state index contributed by atoms with van der Waals surface area (Å²) in [6.45, 7) is 0. The number of amides is 1. The summed E-state index contributed by atoms with van der Waals surface area (Å²) in [5.41, 5.74) is 0.934. The number of thioether (sulfide) groups is 1. The molecule has 124 valence electrons. The van der Waals surface area contributed by atoms with Crippen LogP contribution in [-0.2, 0) is 4.79 Å². The topological polar surface area (TPSA) is 42.0 Å². The van der Waals surface area contributed by atoms with Crippen molar-refractivity contribution in [3.05, 3.63) is 65.7 Å². The molecule has 1 aromatic heterocycles. The van der Waals surface area contributed by atoms with Gasteiger partial charge in [-0.2, -0.15) is 0 Å². The van der Waals surface area contributed by atoms with Crippen molar-refractivity contribution in [2.75, 3.05) is 11.1 Å². The van der Waals surface area contributed by atoms with Gasteiger partial charge in [0.1, 0.15) is 0 Å². The Morgan fingerprint density at radius 2 is 1.88 bits per heavy atom. The molecule has 3 aromatic carbocycles. The smallest absolute Gasteiger partial charge is 0.236 e. The molecule has 0 saturated carbocycles. The van der Waals surface area contributed by atoms with Gasteiger partial charge in [-0.1, -0.05) is 53.3 Å². The predicted molar refractivity (Wildman–Crippen MR) is 108 cm³/mol. The largest absolute Gasteiger partial charge is 0.301 e. The number of rotatable bonds is 4. The first-order chi connectivity index (χ1) is 12.2. The van der Waals surface area contributed by atoms with Gasteiger partial charge in [-0.05, 0) is 35.7 Å². The average Bonchev–Trinajstić information content (AvgIpc) is 3.04. The van der Waals surface area contributed by atoms with Gasteiger partial charge in [0.15, 0.2) is 5.13 Å². The molecular formula is C19H13ClN2OS2. The zero-order chi connectivity index (χ0) is 17.2. The number of carbonyl (C=O) groups is 1. The van der Waals surface area contributed by atoms with E-state index in [0.29, 0.717) is 15.9 Å². The number of anilines is 1. The second-order valence-electron chi connectivity index (χ2n) is 5.44. The predicted octanol–water partition coefficient (Wildman–Crippen LogP) is 5.83. The van der Waals surface area contributed by atoms with Crippen LogP contribution in [0.4, 0.5) is 5.13 Å². The quantitative estimate of drug-likeness (QED) is 0.450. The van der Waals surface area contributed by atoms with Crippen molar-refractivity contribution in [3.63, 3.8) is 0 Å². The number of fused-ring (bicyclic) bond motifs is 3. The van der Waals surface area contributed by atoms with E-state index in [1.54, 1.807) is 0 Å². The summed E-state index contributed by atoms with van der Waals surface area (Å²) in [5, 5.41) is 6.48. The molecule has 25 heavy (non-hydrogen) atoms. The van der Waals surface area contributed by atoms with E-state index in [4.69, 9.17) is 11.6 Å². The first kappa shape index (κ1) is 16.4. The molecule has 1 N–H and O–H groups in total. The summed E-state index contributed by atoms with van der Waals surface area (Å²) < 4.78 is 1.07. The van der Waals surface area contributed by atoms with Gasteiger partial charge >= 0.3 is 0 Å². The molecule has 4 rings (SSSR count). The molecule has 0 unspecified atom stereocenters. The molecule has 0 saturated heterocycles. The summed E-state index contributed by atoms with van der Waals surface area (Å²) in [6, 6.07) is 19.7. The number of benzene rings is 3. The Kier molecular flexibility index (Phi) is 4.61. The highest BCUT2D eigenvalue weighted by atomic mass is 35.5. The van der Waals surface area contributed by atoms with Crippen molar-refractivity contribution in [3.8, 4) is 0 Å². The number of hydrogen-bond donors (Lipinski definition) is 1. The minimum atomic E-state index is -0.0664. The van der Waals surface area contributed by atoms with Crippen LogP contribution in [0.5, 0.6) is 0 Å². The van der Waals surface area contributed by atoms with Crippen LogP contribution in [-0.4, -0.2) is 16.6 Å². The van der Waals surface area contributed by atoms with Gasteiger partial charge in [-0.25, -0.2) is 4.98 Å². The first-order valence-corrected chi connectivity index (χ1v) is 9.83. The summed E-state index contributed by atoms with van der Waals surface area (Å²) in [4.78, 5) is 17.8. The van der Waals surface area contributed by atoms with E-state index in [2.05, 4.69) is 28.5 Å². The fraction of sp³-hybridized carbons (Fsp3) is 0.0526. The number of thiazole rings is 1. The Bertz CT molecular complexity index is 1060. The molecule has 0 aliphatic rings. The molecule has 0 atom stereocenters. The van der Waals surface area contributed by atoms with Crippen molar-refractivity contribution >= 4 is 66.7 Å². The van der Waals surface area contributed by atoms with Gasteiger partial charge in [0.2, 0.25) is 5.91 Å². The highest BCUT2D eigenvalue weighted by Crippen LogP contribution is 2.31. The van der Waals surface area contributed by atoms with E-state index < -0.39 is 0 Å². The first-order valence-electron chi connectivity index (χ1n) is 7.65. The molecule has 0 radical (unpaired) electrons. The maximum atomic E-state index is 12.2. The second kappa shape index (κ2) is 7.04. The molecule has 4 aromatic rings. The maximum absolute atomic E-state index is 12.2. The van der Waals surface area contributed by atoms with Gasteiger partial charge in [-0.15, -0.1) is 11.8 Å². The Morgan fingerprint density at radius 3 is 2.72 bits per heavy atom. The van der Waals surface area contributed by atoms with Gasteiger partial charge in [-0.3, -0.25) is 4.79 Å². The summed E-state index contributed by atoms with van der Waals surface area (Å²) in [7, 11) is 0. The molecule has 0 aliphatic carbocycles. The van der Waals surface area contributed by atoms with E-state index in [1.165, 1.54) is 23.1 Å². The highest BCUT2D eigenvalue weighted by molar-refractivity contribution is 8.00. The van der Waals surface area contributed by atoms with Crippen molar-refractivity contribution in [1.82, 2.24) is 4.98 Å². The van der Waals surface area contributed by atoms with Gasteiger partial charge in [0, 0.05) is 15.3 Å². The van der Waals surface area contributed by atoms with Crippen LogP contribution in [0.25, 0.3) is 21.0 Å². The monoisotopic (exact) mass is 384 g/mol. The summed E-state index contributed by atoms with van der Waals surface area (Å²) in [5.74, 6) is 0.265. The van der Waals surface area contributed by atoms with Crippen LogP contribution < -0.4 is 5.32 Å². The SMILES string of the molecule is O=C(CSc1ccc(Cl)cc1)Nc1nc2c(ccc3ccccc32)s1. The summed E-state index contributed by atoms with van der Waals surface area (Å²) >= 11 is 8.83. The molecule has 3 nitrogen and oxygen atoms in total. The molecular weight excluding hydrogens is 372 g/mol. The van der Waals surface area contributed by atoms with Crippen molar-refractivity contribution in [2.24, 2.45) is 0 Å². The number of hydrogen-bond acceptors (Lipinski definition) is 4. The van der Waals surface area contributed by atoms with Crippen LogP contribution in [0.3, 0.4) is 0 Å². The van der Waals surface area contributed by atoms with Crippen LogP contribution in [0.1, 0.15) is 0 Å². The molecule has 1 amide bonds. The number of nitrogens with one attached hydrogen (secondary N) is 1. The van der Waals surface area contributed by atoms with Crippen molar-refractivity contribution in [1.29, 1.82) is 0 Å². The Labute approximate surface area is 158 Å². The minimum Gasteiger partial charge on any atom is -0.301 e. The molecule has 0 fully saturated rings. The fourth-order valence-electron chi connectivity index (χ4n) is 2.55. The average molecular weight is 385 g/mol. The minimum absolute atomic E-state index is 0.0664. The third-order valence-electron chi connectivity index (χ3n) is 3.71. The number of carbonyl (C=O) groups excluding carboxylic acids is 1. The van der Waals surface area contributed by atoms with E-state index in [0.717, 1.165) is 25.9 Å². The van der Waals surface area contributed by atoms with Crippen LogP contribution in [0, 0.1) is 0 Å². The lowest BCUT2D eigenvalue weighted by molar-refractivity contribution is -0.113. The summed E-state index contributed by atoms with van der Waals surface area (Å²) in [6.07, 6.45) is 0. The van der Waals surface area contributed by atoms with Gasteiger partial charge in [0.05, 0.1) is 16.0 Å². The fourth-order valence-corrected chi connectivity index (χ4v) is 4.27. The van der Waals surface area contributed by atoms with E-state index in [1.807, 2.05) is 42.5 Å². The lowest BCUT2D eigenvalue weighted by atomic mass is 10.1. The molecule has 0 bridgehead atoms. The molecule has 0 spiro atoms. The van der Waals surface area contributed by atoms with E-state index >= 15 is 0 Å². The second-order valence-corrected chi connectivity index (χ2v) is 7.96.